The van der Waals surface area contributed by atoms with Crippen molar-refractivity contribution in [3.8, 4) is 0 Å². The van der Waals surface area contributed by atoms with Crippen LogP contribution >= 0.6 is 27.5 Å². The Hall–Kier alpha value is -0.300. The van der Waals surface area contributed by atoms with Crippen LogP contribution in [0.15, 0.2) is 22.7 Å². The summed E-state index contributed by atoms with van der Waals surface area (Å²) in [6.45, 7) is 3.30. The highest BCUT2D eigenvalue weighted by Gasteiger charge is 2.26. The maximum absolute atomic E-state index is 12.2. The van der Waals surface area contributed by atoms with Gasteiger partial charge in [0.2, 0.25) is 0 Å². The van der Waals surface area contributed by atoms with E-state index >= 15 is 0 Å². The highest BCUT2D eigenvalue weighted by atomic mass is 79.9. The van der Waals surface area contributed by atoms with Crippen molar-refractivity contribution < 1.29 is 8.42 Å². The van der Waals surface area contributed by atoms with Crippen LogP contribution in [0.3, 0.4) is 0 Å². The van der Waals surface area contributed by atoms with Gasteiger partial charge >= 0.3 is 10.2 Å². The number of benzene rings is 1. The van der Waals surface area contributed by atoms with E-state index in [0.717, 1.165) is 12.8 Å². The average molecular weight is 368 g/mol. The van der Waals surface area contributed by atoms with Crippen LogP contribution in [0.5, 0.6) is 0 Å². The summed E-state index contributed by atoms with van der Waals surface area (Å²) in [5.74, 6) is 0.594. The molecule has 0 amide bonds. The molecular weight excluding hydrogens is 352 g/mol. The van der Waals surface area contributed by atoms with E-state index in [1.807, 2.05) is 0 Å². The number of nitrogens with one attached hydrogen (secondary N) is 1. The van der Waals surface area contributed by atoms with Gasteiger partial charge in [0.25, 0.3) is 0 Å². The number of piperidine rings is 1. The van der Waals surface area contributed by atoms with Gasteiger partial charge in [0.15, 0.2) is 0 Å². The first-order chi connectivity index (χ1) is 8.88. The predicted molar refractivity (Wildman–Crippen MR) is 81.7 cm³/mol. The third-order valence-corrected chi connectivity index (χ3v) is 6.00. The molecule has 0 atom stereocenters. The largest absolute Gasteiger partial charge is 0.301 e. The first kappa shape index (κ1) is 15.1. The molecule has 2 rings (SSSR count). The first-order valence-electron chi connectivity index (χ1n) is 6.11. The molecule has 19 heavy (non-hydrogen) atoms. The first-order valence-corrected chi connectivity index (χ1v) is 8.72. The third-order valence-electron chi connectivity index (χ3n) is 3.25. The second-order valence-electron chi connectivity index (χ2n) is 4.82. The molecule has 1 aliphatic rings. The van der Waals surface area contributed by atoms with E-state index in [1.54, 1.807) is 18.2 Å². The molecule has 0 aliphatic carbocycles. The number of nitrogens with zero attached hydrogens (tertiary/aromatic N) is 1. The number of halogens is 2. The molecular formula is C12H16BrClN2O2S. The highest BCUT2D eigenvalue weighted by Crippen LogP contribution is 2.27. The van der Waals surface area contributed by atoms with E-state index in [2.05, 4.69) is 27.6 Å². The zero-order chi connectivity index (χ0) is 14.0. The zero-order valence-corrected chi connectivity index (χ0v) is 13.7. The van der Waals surface area contributed by atoms with E-state index in [1.165, 1.54) is 4.31 Å². The minimum atomic E-state index is -3.47. The van der Waals surface area contributed by atoms with Gasteiger partial charge in [-0.25, -0.2) is 0 Å². The lowest BCUT2D eigenvalue weighted by Gasteiger charge is -2.29. The summed E-state index contributed by atoms with van der Waals surface area (Å²) >= 11 is 9.16. The van der Waals surface area contributed by atoms with Crippen molar-refractivity contribution in [2.75, 3.05) is 17.8 Å². The number of hydrogen-bond donors (Lipinski definition) is 1. The Kier molecular flexibility index (Phi) is 4.76. The van der Waals surface area contributed by atoms with Crippen LogP contribution in [0.4, 0.5) is 5.69 Å². The Bertz CT molecular complexity index is 557. The summed E-state index contributed by atoms with van der Waals surface area (Å²) in [6.07, 6.45) is 1.82. The molecule has 1 heterocycles. The molecule has 7 heteroatoms. The van der Waals surface area contributed by atoms with Gasteiger partial charge in [-0.05, 0) is 52.9 Å². The molecule has 106 valence electrons. The van der Waals surface area contributed by atoms with Crippen LogP contribution in [-0.2, 0) is 10.2 Å². The number of anilines is 1. The van der Waals surface area contributed by atoms with Gasteiger partial charge < -0.3 is 0 Å². The topological polar surface area (TPSA) is 49.4 Å². The molecule has 0 radical (unpaired) electrons. The van der Waals surface area contributed by atoms with Crippen LogP contribution < -0.4 is 4.72 Å². The lowest BCUT2D eigenvalue weighted by atomic mass is 10.0. The van der Waals surface area contributed by atoms with E-state index in [4.69, 9.17) is 11.6 Å². The Morgan fingerprint density at radius 2 is 2.00 bits per heavy atom. The van der Waals surface area contributed by atoms with Crippen LogP contribution in [0.1, 0.15) is 19.8 Å². The van der Waals surface area contributed by atoms with Crippen LogP contribution in [0.2, 0.25) is 5.02 Å². The maximum Gasteiger partial charge on any atom is 0.301 e. The summed E-state index contributed by atoms with van der Waals surface area (Å²) in [4.78, 5) is 0. The maximum atomic E-state index is 12.2. The zero-order valence-electron chi connectivity index (χ0n) is 10.6. The van der Waals surface area contributed by atoms with Crippen molar-refractivity contribution in [3.63, 3.8) is 0 Å². The Balaban J connectivity index is 2.10. The number of rotatable bonds is 3. The Morgan fingerprint density at radius 1 is 1.37 bits per heavy atom. The molecule has 0 bridgehead atoms. The monoisotopic (exact) mass is 366 g/mol. The fourth-order valence-electron chi connectivity index (χ4n) is 2.00. The molecule has 0 unspecified atom stereocenters. The summed E-state index contributed by atoms with van der Waals surface area (Å²) in [7, 11) is -3.47. The van der Waals surface area contributed by atoms with Crippen LogP contribution in [0.25, 0.3) is 0 Å². The fourth-order valence-corrected chi connectivity index (χ4v) is 3.74. The van der Waals surface area contributed by atoms with Crippen molar-refractivity contribution in [1.82, 2.24) is 4.31 Å². The van der Waals surface area contributed by atoms with Gasteiger partial charge in [-0.2, -0.15) is 12.7 Å². The minimum Gasteiger partial charge on any atom is -0.271 e. The lowest BCUT2D eigenvalue weighted by Crippen LogP contribution is -2.41. The quantitative estimate of drug-likeness (QED) is 0.889. The number of hydrogen-bond acceptors (Lipinski definition) is 2. The van der Waals surface area contributed by atoms with Crippen molar-refractivity contribution in [2.45, 2.75) is 19.8 Å². The SMILES string of the molecule is CC1CCN(S(=O)(=O)Nc2ccc(Cl)c(Br)c2)CC1. The molecule has 0 spiro atoms. The highest BCUT2D eigenvalue weighted by molar-refractivity contribution is 9.10. The summed E-state index contributed by atoms with van der Waals surface area (Å²) in [5.41, 5.74) is 0.509. The Labute approximate surface area is 127 Å². The average Bonchev–Trinajstić information content (AvgIpc) is 2.34. The molecule has 1 aromatic rings. The van der Waals surface area contributed by atoms with E-state index in [9.17, 15) is 8.42 Å². The smallest absolute Gasteiger partial charge is 0.271 e. The standard InChI is InChI=1S/C12H16BrClN2O2S/c1-9-4-6-16(7-5-9)19(17,18)15-10-2-3-12(14)11(13)8-10/h2-3,8-9,15H,4-7H2,1H3. The van der Waals surface area contributed by atoms with Gasteiger partial charge in [0.1, 0.15) is 0 Å². The molecule has 0 aromatic heterocycles. The van der Waals surface area contributed by atoms with Crippen LogP contribution in [-0.4, -0.2) is 25.8 Å². The van der Waals surface area contributed by atoms with Crippen molar-refractivity contribution >= 4 is 43.4 Å². The van der Waals surface area contributed by atoms with Crippen molar-refractivity contribution in [2.24, 2.45) is 5.92 Å². The summed E-state index contributed by atoms with van der Waals surface area (Å²) in [5, 5.41) is 0.551. The van der Waals surface area contributed by atoms with Gasteiger partial charge in [0.05, 0.1) is 10.7 Å². The molecule has 1 N–H and O–H groups in total. The van der Waals surface area contributed by atoms with Crippen LogP contribution in [0, 0.1) is 5.92 Å². The van der Waals surface area contributed by atoms with E-state index in [-0.39, 0.29) is 0 Å². The molecule has 4 nitrogen and oxygen atoms in total. The second-order valence-corrected chi connectivity index (χ2v) is 7.75. The minimum absolute atomic E-state index is 0.509. The summed E-state index contributed by atoms with van der Waals surface area (Å²) in [6, 6.07) is 4.96. The molecule has 1 fully saturated rings. The third kappa shape index (κ3) is 3.84. The van der Waals surface area contributed by atoms with Crippen molar-refractivity contribution in [1.29, 1.82) is 0 Å². The summed E-state index contributed by atoms with van der Waals surface area (Å²) < 4.78 is 29.2. The van der Waals surface area contributed by atoms with Gasteiger partial charge in [-0.1, -0.05) is 18.5 Å². The molecule has 1 aromatic carbocycles. The van der Waals surface area contributed by atoms with Crippen molar-refractivity contribution in [3.05, 3.63) is 27.7 Å². The van der Waals surface area contributed by atoms with E-state index < -0.39 is 10.2 Å². The van der Waals surface area contributed by atoms with Gasteiger partial charge in [0, 0.05) is 17.6 Å². The fraction of sp³-hybridized carbons (Fsp3) is 0.500. The molecule has 0 saturated carbocycles. The molecule has 1 saturated heterocycles. The molecule has 1 aliphatic heterocycles. The second kappa shape index (κ2) is 5.99. The van der Waals surface area contributed by atoms with E-state index in [0.29, 0.717) is 34.2 Å². The normalized spacial score (nSPS) is 18.5. The predicted octanol–water partition coefficient (Wildman–Crippen LogP) is 3.49. The van der Waals surface area contributed by atoms with Gasteiger partial charge in [-0.3, -0.25) is 4.72 Å². The Morgan fingerprint density at radius 3 is 2.58 bits per heavy atom. The lowest BCUT2D eigenvalue weighted by molar-refractivity contribution is 0.289. The van der Waals surface area contributed by atoms with Gasteiger partial charge in [-0.15, -0.1) is 0 Å².